The van der Waals surface area contributed by atoms with Crippen molar-refractivity contribution in [3.63, 3.8) is 0 Å². The standard InChI is InChI=1S/C21H22N4O2/c1-27-20-6-2-4-17(12-20)18-5-3-11-24(13-18)21(26)16-7-9-19(10-8-16)25-14-22-23-15-25/h2,4,6-10,12,14-15,18H,3,5,11,13H2,1H3/t18-/m1/s1. The summed E-state index contributed by atoms with van der Waals surface area (Å²) in [5, 5.41) is 7.62. The number of amides is 1. The van der Waals surface area contributed by atoms with Crippen LogP contribution in [-0.2, 0) is 0 Å². The van der Waals surface area contributed by atoms with Gasteiger partial charge in [-0.3, -0.25) is 9.36 Å². The topological polar surface area (TPSA) is 60.2 Å². The number of rotatable bonds is 4. The molecule has 0 bridgehead atoms. The number of hydrogen-bond donors (Lipinski definition) is 0. The maximum Gasteiger partial charge on any atom is 0.253 e. The molecule has 1 atom stereocenters. The lowest BCUT2D eigenvalue weighted by atomic mass is 9.90. The summed E-state index contributed by atoms with van der Waals surface area (Å²) in [6.07, 6.45) is 5.37. The van der Waals surface area contributed by atoms with Gasteiger partial charge in [-0.05, 0) is 54.8 Å². The zero-order valence-corrected chi connectivity index (χ0v) is 15.3. The summed E-state index contributed by atoms with van der Waals surface area (Å²) in [5.74, 6) is 1.28. The highest BCUT2D eigenvalue weighted by Gasteiger charge is 2.25. The molecule has 0 saturated carbocycles. The first kappa shape index (κ1) is 17.3. The fourth-order valence-corrected chi connectivity index (χ4v) is 3.62. The number of likely N-dealkylation sites (tertiary alicyclic amines) is 1. The Balaban J connectivity index is 1.48. The van der Waals surface area contributed by atoms with E-state index in [4.69, 9.17) is 4.74 Å². The molecule has 1 aliphatic rings. The molecule has 3 aromatic rings. The molecule has 2 heterocycles. The predicted octanol–water partition coefficient (Wildman–Crippen LogP) is 3.30. The van der Waals surface area contributed by atoms with E-state index >= 15 is 0 Å². The SMILES string of the molecule is COc1cccc([C@@H]2CCCN(C(=O)c3ccc(-n4cnnc4)cc3)C2)c1. The predicted molar refractivity (Wildman–Crippen MR) is 102 cm³/mol. The number of nitrogens with zero attached hydrogens (tertiary/aromatic N) is 4. The molecule has 27 heavy (non-hydrogen) atoms. The first-order valence-corrected chi connectivity index (χ1v) is 9.13. The van der Waals surface area contributed by atoms with E-state index in [2.05, 4.69) is 22.3 Å². The Kier molecular flexibility index (Phi) is 4.87. The van der Waals surface area contributed by atoms with Gasteiger partial charge in [0.25, 0.3) is 5.91 Å². The average Bonchev–Trinajstić information content (AvgIpc) is 3.28. The highest BCUT2D eigenvalue weighted by atomic mass is 16.5. The summed E-state index contributed by atoms with van der Waals surface area (Å²) in [6, 6.07) is 15.7. The number of piperidine rings is 1. The molecule has 1 aromatic heterocycles. The molecule has 0 N–H and O–H groups in total. The number of carbonyl (C=O) groups excluding carboxylic acids is 1. The van der Waals surface area contributed by atoms with Crippen LogP contribution < -0.4 is 4.74 Å². The number of benzene rings is 2. The van der Waals surface area contributed by atoms with E-state index in [1.807, 2.05) is 45.9 Å². The fraction of sp³-hybridized carbons (Fsp3) is 0.286. The summed E-state index contributed by atoms with van der Waals surface area (Å²) in [7, 11) is 1.68. The summed E-state index contributed by atoms with van der Waals surface area (Å²) in [4.78, 5) is 14.9. The smallest absolute Gasteiger partial charge is 0.253 e. The van der Waals surface area contributed by atoms with Gasteiger partial charge in [-0.1, -0.05) is 12.1 Å². The van der Waals surface area contributed by atoms with Gasteiger partial charge in [0.2, 0.25) is 0 Å². The van der Waals surface area contributed by atoms with Crippen molar-refractivity contribution in [2.24, 2.45) is 0 Å². The summed E-state index contributed by atoms with van der Waals surface area (Å²) < 4.78 is 7.15. The number of methoxy groups -OCH3 is 1. The van der Waals surface area contributed by atoms with E-state index in [1.54, 1.807) is 19.8 Å². The second kappa shape index (κ2) is 7.61. The van der Waals surface area contributed by atoms with Crippen LogP contribution in [-0.4, -0.2) is 45.8 Å². The molecule has 1 aliphatic heterocycles. The van der Waals surface area contributed by atoms with Crippen molar-refractivity contribution >= 4 is 5.91 Å². The van der Waals surface area contributed by atoms with Gasteiger partial charge in [-0.15, -0.1) is 10.2 Å². The molecule has 0 spiro atoms. The molecule has 1 amide bonds. The lowest BCUT2D eigenvalue weighted by molar-refractivity contribution is 0.0707. The Hall–Kier alpha value is -3.15. The van der Waals surface area contributed by atoms with E-state index in [-0.39, 0.29) is 5.91 Å². The van der Waals surface area contributed by atoms with E-state index in [0.29, 0.717) is 11.5 Å². The average molecular weight is 362 g/mol. The van der Waals surface area contributed by atoms with Crippen LogP contribution in [0.3, 0.4) is 0 Å². The highest BCUT2D eigenvalue weighted by molar-refractivity contribution is 5.94. The van der Waals surface area contributed by atoms with Crippen LogP contribution in [0.4, 0.5) is 0 Å². The Morgan fingerprint density at radius 2 is 1.89 bits per heavy atom. The zero-order chi connectivity index (χ0) is 18.6. The van der Waals surface area contributed by atoms with Gasteiger partial charge in [0.15, 0.2) is 0 Å². The van der Waals surface area contributed by atoms with Gasteiger partial charge >= 0.3 is 0 Å². The molecule has 0 aliphatic carbocycles. The quantitative estimate of drug-likeness (QED) is 0.714. The highest BCUT2D eigenvalue weighted by Crippen LogP contribution is 2.29. The van der Waals surface area contributed by atoms with Crippen molar-refractivity contribution in [1.82, 2.24) is 19.7 Å². The van der Waals surface area contributed by atoms with Gasteiger partial charge in [-0.2, -0.15) is 0 Å². The van der Waals surface area contributed by atoms with Gasteiger partial charge in [-0.25, -0.2) is 0 Å². The van der Waals surface area contributed by atoms with E-state index in [1.165, 1.54) is 5.56 Å². The van der Waals surface area contributed by atoms with Crippen LogP contribution in [0.5, 0.6) is 5.75 Å². The minimum absolute atomic E-state index is 0.0814. The fourth-order valence-electron chi connectivity index (χ4n) is 3.62. The summed E-state index contributed by atoms with van der Waals surface area (Å²) in [5.41, 5.74) is 2.87. The number of hydrogen-bond acceptors (Lipinski definition) is 4. The number of aromatic nitrogens is 3. The van der Waals surface area contributed by atoms with Crippen molar-refractivity contribution in [3.8, 4) is 11.4 Å². The first-order valence-electron chi connectivity index (χ1n) is 9.13. The molecular formula is C21H22N4O2. The van der Waals surface area contributed by atoms with E-state index in [0.717, 1.165) is 37.4 Å². The molecule has 0 radical (unpaired) electrons. The van der Waals surface area contributed by atoms with E-state index in [9.17, 15) is 4.79 Å². The second-order valence-electron chi connectivity index (χ2n) is 6.78. The Labute approximate surface area is 158 Å². The minimum Gasteiger partial charge on any atom is -0.497 e. The third kappa shape index (κ3) is 3.69. The molecule has 1 saturated heterocycles. The van der Waals surface area contributed by atoms with Crippen molar-refractivity contribution in [2.75, 3.05) is 20.2 Å². The normalized spacial score (nSPS) is 16.9. The molecule has 4 rings (SSSR count). The van der Waals surface area contributed by atoms with Gasteiger partial charge < -0.3 is 9.64 Å². The van der Waals surface area contributed by atoms with Crippen LogP contribution in [0.25, 0.3) is 5.69 Å². The van der Waals surface area contributed by atoms with Gasteiger partial charge in [0, 0.05) is 30.3 Å². The summed E-state index contributed by atoms with van der Waals surface area (Å²) >= 11 is 0. The number of carbonyl (C=O) groups is 1. The van der Waals surface area contributed by atoms with Crippen LogP contribution in [0, 0.1) is 0 Å². The maximum absolute atomic E-state index is 13.0. The lowest BCUT2D eigenvalue weighted by Gasteiger charge is -2.33. The lowest BCUT2D eigenvalue weighted by Crippen LogP contribution is -2.39. The zero-order valence-electron chi connectivity index (χ0n) is 15.3. The molecule has 2 aromatic carbocycles. The van der Waals surface area contributed by atoms with Gasteiger partial charge in [0.05, 0.1) is 7.11 Å². The van der Waals surface area contributed by atoms with Crippen LogP contribution in [0.1, 0.15) is 34.7 Å². The molecular weight excluding hydrogens is 340 g/mol. The Bertz CT molecular complexity index is 906. The third-order valence-corrected chi connectivity index (χ3v) is 5.10. The second-order valence-corrected chi connectivity index (χ2v) is 6.78. The van der Waals surface area contributed by atoms with Crippen LogP contribution >= 0.6 is 0 Å². The van der Waals surface area contributed by atoms with Crippen molar-refractivity contribution in [1.29, 1.82) is 0 Å². The first-order chi connectivity index (χ1) is 13.2. The Morgan fingerprint density at radius 1 is 1.11 bits per heavy atom. The minimum atomic E-state index is 0.0814. The largest absolute Gasteiger partial charge is 0.497 e. The summed E-state index contributed by atoms with van der Waals surface area (Å²) in [6.45, 7) is 1.53. The van der Waals surface area contributed by atoms with Gasteiger partial charge in [0.1, 0.15) is 18.4 Å². The maximum atomic E-state index is 13.0. The van der Waals surface area contributed by atoms with Crippen molar-refractivity contribution in [2.45, 2.75) is 18.8 Å². The monoisotopic (exact) mass is 362 g/mol. The molecule has 1 fully saturated rings. The van der Waals surface area contributed by atoms with E-state index < -0.39 is 0 Å². The Morgan fingerprint density at radius 3 is 2.63 bits per heavy atom. The van der Waals surface area contributed by atoms with Crippen molar-refractivity contribution < 1.29 is 9.53 Å². The molecule has 6 nitrogen and oxygen atoms in total. The molecule has 6 heteroatoms. The molecule has 0 unspecified atom stereocenters. The van der Waals surface area contributed by atoms with Crippen molar-refractivity contribution in [3.05, 3.63) is 72.3 Å². The molecule has 138 valence electrons. The third-order valence-electron chi connectivity index (χ3n) is 5.10. The number of ether oxygens (including phenoxy) is 1. The van der Waals surface area contributed by atoms with Crippen LogP contribution in [0.15, 0.2) is 61.2 Å². The van der Waals surface area contributed by atoms with Crippen LogP contribution in [0.2, 0.25) is 0 Å².